The van der Waals surface area contributed by atoms with E-state index < -0.39 is 11.5 Å². The zero-order valence-corrected chi connectivity index (χ0v) is 24.5. The third-order valence-corrected chi connectivity index (χ3v) is 7.89. The maximum atomic E-state index is 13.1. The van der Waals surface area contributed by atoms with Gasteiger partial charge in [-0.2, -0.15) is 0 Å². The van der Waals surface area contributed by atoms with Crippen LogP contribution in [0.3, 0.4) is 0 Å². The van der Waals surface area contributed by atoms with Crippen LogP contribution in [0, 0.1) is 0 Å². The molecule has 42 heavy (non-hydrogen) atoms. The summed E-state index contributed by atoms with van der Waals surface area (Å²) in [5.41, 5.74) is 8.89. The minimum Gasteiger partial charge on any atom is -0.444 e. The Morgan fingerprint density at radius 3 is 1.88 bits per heavy atom. The number of halogens is 1. The number of fused-ring (bicyclic) bond motifs is 1. The van der Waals surface area contributed by atoms with Crippen LogP contribution >= 0.6 is 12.4 Å². The van der Waals surface area contributed by atoms with E-state index in [1.54, 1.807) is 0 Å². The lowest BCUT2D eigenvalue weighted by atomic mass is 9.71. The number of nitrogens with one attached hydrogen (secondary N) is 1. The predicted molar refractivity (Wildman–Crippen MR) is 168 cm³/mol. The number of aldehydes is 1. The van der Waals surface area contributed by atoms with Gasteiger partial charge in [-0.05, 0) is 47.2 Å². The van der Waals surface area contributed by atoms with Gasteiger partial charge in [0.1, 0.15) is 12.9 Å². The molecule has 1 heterocycles. The summed E-state index contributed by atoms with van der Waals surface area (Å²) < 4.78 is 5.56. The number of rotatable bonds is 13. The van der Waals surface area contributed by atoms with Crippen molar-refractivity contribution in [3.63, 3.8) is 0 Å². The van der Waals surface area contributed by atoms with Crippen LogP contribution in [0.1, 0.15) is 40.7 Å². The molecule has 0 fully saturated rings. The second-order valence-corrected chi connectivity index (χ2v) is 10.5. The van der Waals surface area contributed by atoms with Gasteiger partial charge in [-0.1, -0.05) is 115 Å². The van der Waals surface area contributed by atoms with E-state index in [9.17, 15) is 9.59 Å². The fourth-order valence-electron chi connectivity index (χ4n) is 5.73. The molecule has 0 bridgehead atoms. The highest BCUT2D eigenvalue weighted by atomic mass is 35.5. The number of carbonyl (C=O) groups is 2. The molecular formula is C35H38ClN3O3. The van der Waals surface area contributed by atoms with Crippen LogP contribution in [0.25, 0.3) is 0 Å². The maximum absolute atomic E-state index is 13.1. The number of hydrogen-bond donors (Lipinski definition) is 1. The Morgan fingerprint density at radius 2 is 1.33 bits per heavy atom. The summed E-state index contributed by atoms with van der Waals surface area (Å²) in [5.74, 6) is 0. The first-order valence-corrected chi connectivity index (χ1v) is 14.2. The average molecular weight is 584 g/mol. The molecule has 5 rings (SSSR count). The summed E-state index contributed by atoms with van der Waals surface area (Å²) in [7, 11) is 0. The largest absolute Gasteiger partial charge is 0.444 e. The zero-order chi connectivity index (χ0) is 28.3. The average Bonchev–Trinajstić information content (AvgIpc) is 3.45. The molecule has 0 radical (unpaired) electrons. The fourth-order valence-corrected chi connectivity index (χ4v) is 5.73. The summed E-state index contributed by atoms with van der Waals surface area (Å²) in [5, 5.41) is 1.29. The highest BCUT2D eigenvalue weighted by Crippen LogP contribution is 2.37. The van der Waals surface area contributed by atoms with E-state index >= 15 is 0 Å². The van der Waals surface area contributed by atoms with Gasteiger partial charge in [0.05, 0.1) is 6.54 Å². The molecule has 0 aliphatic carbocycles. The van der Waals surface area contributed by atoms with Crippen molar-refractivity contribution in [1.82, 2.24) is 15.3 Å². The van der Waals surface area contributed by atoms with Crippen LogP contribution in [-0.4, -0.2) is 41.9 Å². The summed E-state index contributed by atoms with van der Waals surface area (Å²) in [6.07, 6.45) is 1.96. The minimum atomic E-state index is -0.578. The highest BCUT2D eigenvalue weighted by molar-refractivity contribution is 5.85. The molecule has 1 aliphatic rings. The number of nitrogens with zero attached hydrogens (tertiary/aromatic N) is 2. The number of carbonyl (C=O) groups excluding carboxylic acids is 2. The number of ether oxygens (including phenoxy) is 1. The first-order valence-electron chi connectivity index (χ1n) is 14.2. The molecule has 7 heteroatoms. The second-order valence-electron chi connectivity index (χ2n) is 10.5. The third-order valence-electron chi connectivity index (χ3n) is 7.89. The maximum Gasteiger partial charge on any atom is 0.424 e. The molecule has 0 atom stereocenters. The molecule has 0 saturated heterocycles. The first kappa shape index (κ1) is 31.0. The van der Waals surface area contributed by atoms with Gasteiger partial charge in [0.25, 0.3) is 0 Å². The van der Waals surface area contributed by atoms with Crippen molar-refractivity contribution in [3.8, 4) is 0 Å². The van der Waals surface area contributed by atoms with Crippen molar-refractivity contribution in [2.75, 3.05) is 19.6 Å². The summed E-state index contributed by atoms with van der Waals surface area (Å²) >= 11 is 0. The van der Waals surface area contributed by atoms with E-state index in [2.05, 4.69) is 83.1 Å². The Kier molecular flexibility index (Phi) is 11.3. The lowest BCUT2D eigenvalue weighted by Crippen LogP contribution is -2.50. The number of hydrazine groups is 1. The Bertz CT molecular complexity index is 1340. The standard InChI is InChI=1S/C35H37N3O3.ClH/c39-24-23-38(34(40)41-27-29-13-4-1-5-14-29)36-28-35(32-17-6-2-7-18-32,33-19-8-3-9-20-33)21-12-22-37-25-30-15-10-11-16-31(30)26-37;/h1-11,13-20,24,36H,12,21-23,25-28H2;1H. The Balaban J connectivity index is 0.00000405. The highest BCUT2D eigenvalue weighted by Gasteiger charge is 2.35. The van der Waals surface area contributed by atoms with Gasteiger partial charge in [-0.3, -0.25) is 4.90 Å². The first-order chi connectivity index (χ1) is 20.2. The molecule has 1 N–H and O–H groups in total. The number of amides is 1. The van der Waals surface area contributed by atoms with Gasteiger partial charge < -0.3 is 9.53 Å². The Hall–Kier alpha value is -3.97. The van der Waals surface area contributed by atoms with E-state index in [0.717, 1.165) is 49.2 Å². The van der Waals surface area contributed by atoms with Gasteiger partial charge in [0.2, 0.25) is 0 Å². The molecule has 1 aliphatic heterocycles. The molecule has 4 aromatic rings. The molecule has 0 saturated carbocycles. The summed E-state index contributed by atoms with van der Waals surface area (Å²) in [4.78, 5) is 27.1. The lowest BCUT2D eigenvalue weighted by molar-refractivity contribution is -0.109. The minimum absolute atomic E-state index is 0. The molecule has 1 amide bonds. The van der Waals surface area contributed by atoms with Gasteiger partial charge >= 0.3 is 6.09 Å². The summed E-state index contributed by atoms with van der Waals surface area (Å²) in [6.45, 7) is 3.36. The number of benzene rings is 4. The van der Waals surface area contributed by atoms with Crippen LogP contribution in [-0.2, 0) is 34.6 Å². The molecule has 218 valence electrons. The van der Waals surface area contributed by atoms with E-state index in [1.807, 2.05) is 42.5 Å². The van der Waals surface area contributed by atoms with Crippen molar-refractivity contribution < 1.29 is 14.3 Å². The van der Waals surface area contributed by atoms with Gasteiger partial charge in [-0.15, -0.1) is 12.4 Å². The number of hydrogen-bond acceptors (Lipinski definition) is 5. The van der Waals surface area contributed by atoms with E-state index in [4.69, 9.17) is 4.74 Å². The zero-order valence-electron chi connectivity index (χ0n) is 23.7. The Morgan fingerprint density at radius 1 is 0.810 bits per heavy atom. The quantitative estimate of drug-likeness (QED) is 0.143. The second kappa shape index (κ2) is 15.3. The van der Waals surface area contributed by atoms with Crippen molar-refractivity contribution in [3.05, 3.63) is 143 Å². The van der Waals surface area contributed by atoms with Crippen molar-refractivity contribution in [2.45, 2.75) is 38.0 Å². The van der Waals surface area contributed by atoms with Crippen molar-refractivity contribution >= 4 is 24.8 Å². The lowest BCUT2D eigenvalue weighted by Gasteiger charge is -2.37. The third kappa shape index (κ3) is 7.65. The molecule has 0 unspecified atom stereocenters. The van der Waals surface area contributed by atoms with Crippen molar-refractivity contribution in [2.24, 2.45) is 0 Å². The van der Waals surface area contributed by atoms with Crippen LogP contribution in [0.2, 0.25) is 0 Å². The molecule has 0 spiro atoms. The topological polar surface area (TPSA) is 61.9 Å². The fraction of sp³-hybridized carbons (Fsp3) is 0.257. The molecular weight excluding hydrogens is 546 g/mol. The molecule has 0 aromatic heterocycles. The van der Waals surface area contributed by atoms with Crippen molar-refractivity contribution in [1.29, 1.82) is 0 Å². The smallest absolute Gasteiger partial charge is 0.424 e. The molecule has 4 aromatic carbocycles. The van der Waals surface area contributed by atoms with Crippen LogP contribution < -0.4 is 5.43 Å². The monoisotopic (exact) mass is 583 g/mol. The van der Waals surface area contributed by atoms with Crippen LogP contribution in [0.15, 0.2) is 115 Å². The Labute approximate surface area is 254 Å². The predicted octanol–water partition coefficient (Wildman–Crippen LogP) is 6.53. The normalized spacial score (nSPS) is 12.7. The summed E-state index contributed by atoms with van der Waals surface area (Å²) in [6, 6.07) is 39.1. The van der Waals surface area contributed by atoms with Crippen LogP contribution in [0.5, 0.6) is 0 Å². The van der Waals surface area contributed by atoms with Gasteiger partial charge in [0.15, 0.2) is 0 Å². The SMILES string of the molecule is Cl.O=CCN(NCC(CCCN1Cc2ccccc2C1)(c1ccccc1)c1ccccc1)C(=O)OCc1ccccc1. The molecule has 6 nitrogen and oxygen atoms in total. The van der Waals surface area contributed by atoms with E-state index in [1.165, 1.54) is 16.1 Å². The van der Waals surface area contributed by atoms with E-state index in [-0.39, 0.29) is 25.6 Å². The van der Waals surface area contributed by atoms with Crippen LogP contribution in [0.4, 0.5) is 4.79 Å². The van der Waals surface area contributed by atoms with E-state index in [0.29, 0.717) is 12.8 Å². The van der Waals surface area contributed by atoms with Gasteiger partial charge in [0, 0.05) is 25.0 Å². The van der Waals surface area contributed by atoms with Gasteiger partial charge in [-0.25, -0.2) is 15.2 Å².